The second-order valence-electron chi connectivity index (χ2n) is 6.94. The molecule has 0 saturated heterocycles. The van der Waals surface area contributed by atoms with Crippen LogP contribution in [0.3, 0.4) is 0 Å². The average molecular weight is 419 g/mol. The summed E-state index contributed by atoms with van der Waals surface area (Å²) in [4.78, 5) is 38.2. The predicted octanol–water partition coefficient (Wildman–Crippen LogP) is 3.79. The normalized spacial score (nSPS) is 12.7. The van der Waals surface area contributed by atoms with Crippen molar-refractivity contribution >= 4 is 22.5 Å². The highest BCUT2D eigenvalue weighted by atomic mass is 19.4. The van der Waals surface area contributed by atoms with Crippen molar-refractivity contribution in [2.75, 3.05) is 5.32 Å². The third-order valence-corrected chi connectivity index (χ3v) is 4.91. The first-order valence-corrected chi connectivity index (χ1v) is 9.34. The van der Waals surface area contributed by atoms with Gasteiger partial charge in [-0.2, -0.15) is 13.2 Å². The van der Waals surface area contributed by atoms with Crippen LogP contribution in [0, 0.1) is 0 Å². The number of halogens is 3. The Morgan fingerprint density at radius 1 is 1.07 bits per heavy atom. The average Bonchev–Trinajstić information content (AvgIpc) is 2.70. The van der Waals surface area contributed by atoms with Crippen molar-refractivity contribution in [2.24, 2.45) is 0 Å². The molecule has 0 spiro atoms. The Morgan fingerprint density at radius 2 is 1.70 bits per heavy atom. The first kappa shape index (κ1) is 21.4. The number of carbonyl (C=O) groups excluding carboxylic acids is 1. The van der Waals surface area contributed by atoms with Gasteiger partial charge in [0.2, 0.25) is 5.91 Å². The Bertz CT molecular complexity index is 1190. The zero-order valence-electron chi connectivity index (χ0n) is 16.4. The highest BCUT2D eigenvalue weighted by Crippen LogP contribution is 2.29. The third kappa shape index (κ3) is 4.14. The highest BCUT2D eigenvalue weighted by molar-refractivity contribution is 5.91. The number of fused-ring (bicyclic) bond motifs is 1. The Morgan fingerprint density at radius 3 is 2.30 bits per heavy atom. The van der Waals surface area contributed by atoms with Gasteiger partial charge in [-0.05, 0) is 49.7 Å². The Hall–Kier alpha value is -3.36. The number of hydrogen-bond acceptors (Lipinski definition) is 3. The van der Waals surface area contributed by atoms with Crippen molar-refractivity contribution in [2.45, 2.75) is 39.0 Å². The molecule has 3 rings (SSSR count). The maximum Gasteiger partial charge on any atom is 0.416 e. The molecule has 30 heavy (non-hydrogen) atoms. The monoisotopic (exact) mass is 419 g/mol. The van der Waals surface area contributed by atoms with E-state index in [1.807, 2.05) is 6.92 Å². The lowest BCUT2D eigenvalue weighted by atomic mass is 10.2. The zero-order chi connectivity index (χ0) is 22.1. The van der Waals surface area contributed by atoms with Crippen LogP contribution >= 0.6 is 0 Å². The van der Waals surface area contributed by atoms with Gasteiger partial charge in [0.1, 0.15) is 6.54 Å². The second kappa shape index (κ2) is 8.17. The molecule has 6 nitrogen and oxygen atoms in total. The number of alkyl halides is 3. The van der Waals surface area contributed by atoms with E-state index in [4.69, 9.17) is 0 Å². The summed E-state index contributed by atoms with van der Waals surface area (Å²) in [5.41, 5.74) is -1.39. The van der Waals surface area contributed by atoms with Crippen LogP contribution in [0.15, 0.2) is 58.1 Å². The van der Waals surface area contributed by atoms with Crippen molar-refractivity contribution in [1.29, 1.82) is 0 Å². The van der Waals surface area contributed by atoms with Crippen LogP contribution in [0.2, 0.25) is 0 Å². The largest absolute Gasteiger partial charge is 0.416 e. The fraction of sp³-hybridized carbons (Fsp3) is 0.286. The fourth-order valence-corrected chi connectivity index (χ4v) is 3.15. The van der Waals surface area contributed by atoms with Crippen molar-refractivity contribution in [3.8, 4) is 0 Å². The van der Waals surface area contributed by atoms with Crippen LogP contribution in [0.25, 0.3) is 10.9 Å². The molecule has 0 bridgehead atoms. The molecular formula is C21H20F3N3O3. The molecule has 0 aliphatic carbocycles. The van der Waals surface area contributed by atoms with Gasteiger partial charge in [0.15, 0.2) is 0 Å². The van der Waals surface area contributed by atoms with E-state index < -0.39 is 35.4 Å². The van der Waals surface area contributed by atoms with E-state index in [0.29, 0.717) is 17.3 Å². The van der Waals surface area contributed by atoms with Crippen molar-refractivity contribution < 1.29 is 18.0 Å². The molecule has 0 aliphatic heterocycles. The first-order valence-electron chi connectivity index (χ1n) is 9.34. The van der Waals surface area contributed by atoms with Gasteiger partial charge in [-0.1, -0.05) is 19.1 Å². The van der Waals surface area contributed by atoms with Crippen LogP contribution < -0.4 is 16.6 Å². The van der Waals surface area contributed by atoms with E-state index >= 15 is 0 Å². The number of amides is 1. The molecule has 0 radical (unpaired) electrons. The highest BCUT2D eigenvalue weighted by Gasteiger charge is 2.30. The van der Waals surface area contributed by atoms with E-state index in [-0.39, 0.29) is 11.7 Å². The Kier molecular flexibility index (Phi) is 5.82. The summed E-state index contributed by atoms with van der Waals surface area (Å²) < 4.78 is 40.3. The summed E-state index contributed by atoms with van der Waals surface area (Å²) in [6.07, 6.45) is -3.93. The predicted molar refractivity (Wildman–Crippen MR) is 108 cm³/mol. The molecule has 0 saturated carbocycles. The number of rotatable bonds is 5. The lowest BCUT2D eigenvalue weighted by molar-refractivity contribution is -0.137. The van der Waals surface area contributed by atoms with Gasteiger partial charge >= 0.3 is 11.9 Å². The van der Waals surface area contributed by atoms with Crippen LogP contribution in [-0.2, 0) is 17.5 Å². The maximum absolute atomic E-state index is 13.0. The topological polar surface area (TPSA) is 73.1 Å². The summed E-state index contributed by atoms with van der Waals surface area (Å²) in [7, 11) is 0. The number of nitrogens with zero attached hydrogens (tertiary/aromatic N) is 2. The number of aromatic nitrogens is 2. The SMILES string of the molecule is CC[C@H](C)n1c(=O)c2ccccc2n(CC(=O)Nc2ccc(C(F)(F)F)cc2)c1=O. The maximum atomic E-state index is 13.0. The van der Waals surface area contributed by atoms with Crippen LogP contribution in [0.1, 0.15) is 31.9 Å². The summed E-state index contributed by atoms with van der Waals surface area (Å²) >= 11 is 0. The van der Waals surface area contributed by atoms with Crippen LogP contribution in [-0.4, -0.2) is 15.0 Å². The molecular weight excluding hydrogens is 399 g/mol. The Labute approximate surface area is 169 Å². The molecule has 1 heterocycles. The van der Waals surface area contributed by atoms with Crippen LogP contribution in [0.4, 0.5) is 18.9 Å². The molecule has 2 aromatic carbocycles. The molecule has 0 fully saturated rings. The first-order chi connectivity index (χ1) is 14.1. The molecule has 158 valence electrons. The van der Waals surface area contributed by atoms with Crippen molar-refractivity contribution in [3.63, 3.8) is 0 Å². The number of anilines is 1. The van der Waals surface area contributed by atoms with Crippen molar-refractivity contribution in [1.82, 2.24) is 9.13 Å². The van der Waals surface area contributed by atoms with Crippen molar-refractivity contribution in [3.05, 3.63) is 74.9 Å². The van der Waals surface area contributed by atoms with Gasteiger partial charge in [-0.15, -0.1) is 0 Å². The standard InChI is InChI=1S/C21H20F3N3O3/c1-3-13(2)27-19(29)16-6-4-5-7-17(16)26(20(27)30)12-18(28)25-15-10-8-14(9-11-15)21(22,23)24/h4-11,13H,3,12H2,1-2H3,(H,25,28)/t13-/m0/s1. The fourth-order valence-electron chi connectivity index (χ4n) is 3.15. The minimum Gasteiger partial charge on any atom is -0.325 e. The summed E-state index contributed by atoms with van der Waals surface area (Å²) in [5.74, 6) is -0.601. The minimum atomic E-state index is -4.47. The van der Waals surface area contributed by atoms with Gasteiger partial charge < -0.3 is 5.32 Å². The lowest BCUT2D eigenvalue weighted by Crippen LogP contribution is -2.43. The van der Waals surface area contributed by atoms with Gasteiger partial charge in [0.25, 0.3) is 5.56 Å². The minimum absolute atomic E-state index is 0.167. The molecule has 0 unspecified atom stereocenters. The second-order valence-corrected chi connectivity index (χ2v) is 6.94. The molecule has 0 aliphatic rings. The van der Waals surface area contributed by atoms with Crippen LogP contribution in [0.5, 0.6) is 0 Å². The molecule has 1 atom stereocenters. The number of para-hydroxylation sites is 1. The van der Waals surface area contributed by atoms with Gasteiger partial charge in [0.05, 0.1) is 16.5 Å². The lowest BCUT2D eigenvalue weighted by Gasteiger charge is -2.17. The number of benzene rings is 2. The number of nitrogens with one attached hydrogen (secondary N) is 1. The summed E-state index contributed by atoms with van der Waals surface area (Å²) in [5, 5.41) is 2.79. The van der Waals surface area contributed by atoms with E-state index in [1.54, 1.807) is 31.2 Å². The molecule has 1 N–H and O–H groups in total. The zero-order valence-corrected chi connectivity index (χ0v) is 16.4. The smallest absolute Gasteiger partial charge is 0.325 e. The van der Waals surface area contributed by atoms with Gasteiger partial charge in [0, 0.05) is 11.7 Å². The van der Waals surface area contributed by atoms with E-state index in [9.17, 15) is 27.6 Å². The molecule has 9 heteroatoms. The van der Waals surface area contributed by atoms with E-state index in [1.165, 1.54) is 4.57 Å². The molecule has 1 amide bonds. The van der Waals surface area contributed by atoms with Gasteiger partial charge in [-0.25, -0.2) is 4.79 Å². The van der Waals surface area contributed by atoms with E-state index in [0.717, 1.165) is 28.8 Å². The summed E-state index contributed by atoms with van der Waals surface area (Å²) in [6.45, 7) is 3.19. The molecule has 3 aromatic rings. The summed E-state index contributed by atoms with van der Waals surface area (Å²) in [6, 6.07) is 10.1. The van der Waals surface area contributed by atoms with Gasteiger partial charge in [-0.3, -0.25) is 18.7 Å². The molecule has 1 aromatic heterocycles. The quantitative estimate of drug-likeness (QED) is 0.684. The third-order valence-electron chi connectivity index (χ3n) is 4.91. The number of hydrogen-bond donors (Lipinski definition) is 1. The number of carbonyl (C=O) groups is 1. The Balaban J connectivity index is 1.96. The van der Waals surface area contributed by atoms with E-state index in [2.05, 4.69) is 5.32 Å².